The minimum Gasteiger partial charge on any atom is -0.457 e. The van der Waals surface area contributed by atoms with Gasteiger partial charge in [-0.2, -0.15) is 13.2 Å². The standard InChI is InChI=1S/C34H32BrF3N6O4/c1-2-3-6-25(42-31(45)14-7-22-5-4-16-39-20-22)21-41-32(46)30-19-27(15-17-40-30)48-26-11-8-23(9-12-26)43-33(47)44-24-10-13-29(35)28(18-24)34(36,37)38/h4-5,7-20,25H,2-3,6,21H2,1H3,(H,41,46)(H,42,45)(H2,43,44,47)/b14-7+. The van der Waals surface area contributed by atoms with E-state index in [0.29, 0.717) is 23.6 Å². The van der Waals surface area contributed by atoms with Crippen LogP contribution in [0.3, 0.4) is 0 Å². The van der Waals surface area contributed by atoms with Crippen molar-refractivity contribution in [3.05, 3.63) is 113 Å². The Balaban J connectivity index is 1.29. The molecule has 4 amide bonds. The van der Waals surface area contributed by atoms with Crippen molar-refractivity contribution in [2.45, 2.75) is 38.4 Å². The number of hydrogen-bond donors (Lipinski definition) is 4. The number of rotatable bonds is 13. The highest BCUT2D eigenvalue weighted by molar-refractivity contribution is 9.10. The second-order valence-corrected chi connectivity index (χ2v) is 11.3. The molecule has 48 heavy (non-hydrogen) atoms. The van der Waals surface area contributed by atoms with Crippen molar-refractivity contribution in [2.24, 2.45) is 0 Å². The van der Waals surface area contributed by atoms with E-state index in [2.05, 4.69) is 47.2 Å². The third kappa shape index (κ3) is 11.2. The number of urea groups is 1. The summed E-state index contributed by atoms with van der Waals surface area (Å²) in [5, 5.41) is 10.7. The van der Waals surface area contributed by atoms with E-state index in [9.17, 15) is 27.6 Å². The molecule has 4 rings (SSSR count). The lowest BCUT2D eigenvalue weighted by Crippen LogP contribution is -2.43. The quantitative estimate of drug-likeness (QED) is 0.104. The van der Waals surface area contributed by atoms with Gasteiger partial charge in [0.1, 0.15) is 17.2 Å². The molecular weight excluding hydrogens is 693 g/mol. The smallest absolute Gasteiger partial charge is 0.417 e. The van der Waals surface area contributed by atoms with Gasteiger partial charge in [-0.1, -0.05) is 41.8 Å². The normalized spacial score (nSPS) is 11.9. The van der Waals surface area contributed by atoms with Crippen molar-refractivity contribution in [3.63, 3.8) is 0 Å². The third-order valence-electron chi connectivity index (χ3n) is 6.71. The fourth-order valence-corrected chi connectivity index (χ4v) is 4.80. The zero-order chi connectivity index (χ0) is 34.5. The lowest BCUT2D eigenvalue weighted by Gasteiger charge is -2.18. The van der Waals surface area contributed by atoms with Crippen molar-refractivity contribution in [2.75, 3.05) is 17.2 Å². The van der Waals surface area contributed by atoms with Crippen LogP contribution in [0.25, 0.3) is 6.08 Å². The van der Waals surface area contributed by atoms with Crippen LogP contribution in [-0.2, 0) is 11.0 Å². The maximum Gasteiger partial charge on any atom is 0.417 e. The van der Waals surface area contributed by atoms with E-state index < -0.39 is 23.7 Å². The molecule has 14 heteroatoms. The Kier molecular flexibility index (Phi) is 12.7. The van der Waals surface area contributed by atoms with Crippen LogP contribution in [0.2, 0.25) is 0 Å². The van der Waals surface area contributed by atoms with Crippen molar-refractivity contribution in [1.82, 2.24) is 20.6 Å². The Bertz CT molecular complexity index is 1740. The van der Waals surface area contributed by atoms with Gasteiger partial charge in [0, 0.05) is 59.2 Å². The minimum absolute atomic E-state index is 0.0318. The summed E-state index contributed by atoms with van der Waals surface area (Å²) in [5.41, 5.74) is 0.321. The average molecular weight is 726 g/mol. The van der Waals surface area contributed by atoms with Gasteiger partial charge in [0.2, 0.25) is 5.91 Å². The number of halogens is 4. The number of unbranched alkanes of at least 4 members (excludes halogenated alkanes) is 1. The number of alkyl halides is 3. The number of amides is 4. The van der Waals surface area contributed by atoms with E-state index in [-0.39, 0.29) is 34.3 Å². The summed E-state index contributed by atoms with van der Waals surface area (Å²) < 4.78 is 45.2. The van der Waals surface area contributed by atoms with E-state index >= 15 is 0 Å². The fourth-order valence-electron chi connectivity index (χ4n) is 4.33. The number of nitrogens with zero attached hydrogens (tertiary/aromatic N) is 2. The molecule has 0 aliphatic rings. The summed E-state index contributed by atoms with van der Waals surface area (Å²) >= 11 is 2.86. The fraction of sp³-hybridized carbons (Fsp3) is 0.206. The highest BCUT2D eigenvalue weighted by Crippen LogP contribution is 2.36. The topological polar surface area (TPSA) is 134 Å². The third-order valence-corrected chi connectivity index (χ3v) is 7.41. The Labute approximate surface area is 283 Å². The maximum absolute atomic E-state index is 13.2. The van der Waals surface area contributed by atoms with Crippen LogP contribution in [-0.4, -0.2) is 40.4 Å². The van der Waals surface area contributed by atoms with Gasteiger partial charge in [0.25, 0.3) is 5.91 Å². The minimum atomic E-state index is -4.59. The van der Waals surface area contributed by atoms with E-state index in [1.54, 1.807) is 54.9 Å². The van der Waals surface area contributed by atoms with Gasteiger partial charge in [-0.15, -0.1) is 0 Å². The lowest BCUT2D eigenvalue weighted by atomic mass is 10.1. The van der Waals surface area contributed by atoms with Gasteiger partial charge in [0.15, 0.2) is 0 Å². The molecule has 0 aliphatic heterocycles. The first kappa shape index (κ1) is 35.6. The maximum atomic E-state index is 13.2. The summed E-state index contributed by atoms with van der Waals surface area (Å²) in [6.07, 6.45) is 5.69. The Morgan fingerprint density at radius 2 is 1.71 bits per heavy atom. The molecule has 2 aromatic carbocycles. The molecule has 250 valence electrons. The molecule has 1 unspecified atom stereocenters. The Hall–Kier alpha value is -5.24. The van der Waals surface area contributed by atoms with E-state index in [1.807, 2.05) is 13.0 Å². The summed E-state index contributed by atoms with van der Waals surface area (Å²) in [5.74, 6) is -0.00177. The number of ether oxygens (including phenoxy) is 1. The van der Waals surface area contributed by atoms with Crippen LogP contribution < -0.4 is 26.0 Å². The van der Waals surface area contributed by atoms with Crippen molar-refractivity contribution < 1.29 is 32.3 Å². The number of aromatic nitrogens is 2. The van der Waals surface area contributed by atoms with Crippen molar-refractivity contribution >= 4 is 51.2 Å². The summed E-state index contributed by atoms with van der Waals surface area (Å²) in [6.45, 7) is 2.24. The van der Waals surface area contributed by atoms with Crippen LogP contribution in [0.1, 0.15) is 47.8 Å². The molecule has 2 heterocycles. The SMILES string of the molecule is CCCCC(CNC(=O)c1cc(Oc2ccc(NC(=O)Nc3ccc(Br)c(C(F)(F)F)c3)cc2)ccn1)NC(=O)/C=C/c1cccnc1. The molecule has 2 aromatic heterocycles. The zero-order valence-corrected chi connectivity index (χ0v) is 27.3. The van der Waals surface area contributed by atoms with Gasteiger partial charge in [-0.3, -0.25) is 19.6 Å². The number of carbonyl (C=O) groups excluding carboxylic acids is 3. The second kappa shape index (κ2) is 17.1. The van der Waals surface area contributed by atoms with Crippen LogP contribution in [0.4, 0.5) is 29.3 Å². The second-order valence-electron chi connectivity index (χ2n) is 10.5. The molecule has 0 radical (unpaired) electrons. The molecule has 0 aliphatic carbocycles. The largest absolute Gasteiger partial charge is 0.457 e. The van der Waals surface area contributed by atoms with E-state index in [4.69, 9.17) is 4.74 Å². The van der Waals surface area contributed by atoms with Crippen LogP contribution in [0.5, 0.6) is 11.5 Å². The van der Waals surface area contributed by atoms with Crippen LogP contribution in [0, 0.1) is 0 Å². The predicted octanol–water partition coefficient (Wildman–Crippen LogP) is 7.81. The van der Waals surface area contributed by atoms with Gasteiger partial charge in [-0.05, 0) is 72.7 Å². The molecule has 0 saturated heterocycles. The molecule has 4 N–H and O–H groups in total. The summed E-state index contributed by atoms with van der Waals surface area (Å²) in [4.78, 5) is 45.9. The molecular formula is C34H32BrF3N6O4. The number of nitrogens with one attached hydrogen (secondary N) is 4. The molecule has 1 atom stereocenters. The Morgan fingerprint density at radius 3 is 2.42 bits per heavy atom. The number of anilines is 2. The molecule has 10 nitrogen and oxygen atoms in total. The number of hydrogen-bond acceptors (Lipinski definition) is 6. The zero-order valence-electron chi connectivity index (χ0n) is 25.7. The van der Waals surface area contributed by atoms with Gasteiger partial charge >= 0.3 is 12.2 Å². The summed E-state index contributed by atoms with van der Waals surface area (Å²) in [7, 11) is 0. The van der Waals surface area contributed by atoms with Crippen molar-refractivity contribution in [3.8, 4) is 11.5 Å². The molecule has 0 spiro atoms. The first-order valence-electron chi connectivity index (χ1n) is 14.9. The average Bonchev–Trinajstić information content (AvgIpc) is 3.06. The van der Waals surface area contributed by atoms with Crippen molar-refractivity contribution in [1.29, 1.82) is 0 Å². The summed E-state index contributed by atoms with van der Waals surface area (Å²) in [6, 6.07) is 15.2. The van der Waals surface area contributed by atoms with Gasteiger partial charge < -0.3 is 26.0 Å². The predicted molar refractivity (Wildman–Crippen MR) is 180 cm³/mol. The van der Waals surface area contributed by atoms with Gasteiger partial charge in [-0.25, -0.2) is 4.79 Å². The van der Waals surface area contributed by atoms with E-state index in [0.717, 1.165) is 24.5 Å². The first-order valence-corrected chi connectivity index (χ1v) is 15.6. The lowest BCUT2D eigenvalue weighted by molar-refractivity contribution is -0.138. The number of carbonyl (C=O) groups is 3. The van der Waals surface area contributed by atoms with Crippen LogP contribution >= 0.6 is 15.9 Å². The molecule has 0 saturated carbocycles. The molecule has 0 bridgehead atoms. The molecule has 4 aromatic rings. The molecule has 0 fully saturated rings. The monoisotopic (exact) mass is 724 g/mol. The first-order chi connectivity index (χ1) is 23.0. The highest BCUT2D eigenvalue weighted by atomic mass is 79.9. The number of benzene rings is 2. The Morgan fingerprint density at radius 1 is 0.958 bits per heavy atom. The highest BCUT2D eigenvalue weighted by Gasteiger charge is 2.33. The van der Waals surface area contributed by atoms with Crippen LogP contribution in [0.15, 0.2) is 95.9 Å². The number of pyridine rings is 2. The van der Waals surface area contributed by atoms with Gasteiger partial charge in [0.05, 0.1) is 5.56 Å². The van der Waals surface area contributed by atoms with E-state index in [1.165, 1.54) is 30.5 Å².